The Hall–Kier alpha value is -2.74. The average molecular weight is 467 g/mol. The van der Waals surface area contributed by atoms with Gasteiger partial charge in [-0.2, -0.15) is 0 Å². The molecule has 2 aromatic heterocycles. The van der Waals surface area contributed by atoms with Gasteiger partial charge in [0.25, 0.3) is 0 Å². The molecule has 0 radical (unpaired) electrons. The van der Waals surface area contributed by atoms with Gasteiger partial charge < -0.3 is 14.5 Å². The number of rotatable bonds is 4. The fraction of sp³-hybridized carbons (Fsp3) is 0.615. The van der Waals surface area contributed by atoms with E-state index in [2.05, 4.69) is 35.9 Å². The van der Waals surface area contributed by atoms with Crippen LogP contribution >= 0.6 is 0 Å². The highest BCUT2D eigenvalue weighted by Gasteiger charge is 2.31. The van der Waals surface area contributed by atoms with Gasteiger partial charge in [-0.15, -0.1) is 0 Å². The number of ether oxygens (including phenoxy) is 1. The number of fused-ring (bicyclic) bond motifs is 1. The fourth-order valence-corrected chi connectivity index (χ4v) is 5.01. The highest BCUT2D eigenvalue weighted by atomic mass is 16.6. The Kier molecular flexibility index (Phi) is 7.07. The first-order chi connectivity index (χ1) is 16.1. The molecule has 1 amide bonds. The third kappa shape index (κ3) is 5.66. The Bertz CT molecular complexity index is 1020. The van der Waals surface area contributed by atoms with Gasteiger partial charge in [-0.3, -0.25) is 9.88 Å². The van der Waals surface area contributed by atoms with E-state index < -0.39 is 5.60 Å². The third-order valence-corrected chi connectivity index (χ3v) is 6.56. The molecule has 0 spiro atoms. The molecule has 1 aliphatic heterocycles. The van der Waals surface area contributed by atoms with Gasteiger partial charge in [0.1, 0.15) is 17.2 Å². The van der Waals surface area contributed by atoms with Crippen LogP contribution < -0.4 is 4.90 Å². The minimum Gasteiger partial charge on any atom is -0.444 e. The summed E-state index contributed by atoms with van der Waals surface area (Å²) < 4.78 is 5.56. The van der Waals surface area contributed by atoms with E-state index >= 15 is 0 Å². The van der Waals surface area contributed by atoms with Crippen LogP contribution in [0.5, 0.6) is 0 Å². The summed E-state index contributed by atoms with van der Waals surface area (Å²) in [5.41, 5.74) is 3.09. The zero-order valence-corrected chi connectivity index (χ0v) is 21.4. The van der Waals surface area contributed by atoms with Crippen LogP contribution in [0.3, 0.4) is 0 Å². The molecule has 1 saturated heterocycles. The maximum Gasteiger partial charge on any atom is 0.410 e. The molecule has 0 N–H and O–H groups in total. The molecular weight excluding hydrogens is 428 g/mol. The normalized spacial score (nSPS) is 20.9. The van der Waals surface area contributed by atoms with E-state index in [1.165, 1.54) is 17.7 Å². The molecule has 4 rings (SSSR count). The van der Waals surface area contributed by atoms with Gasteiger partial charge in [0.15, 0.2) is 0 Å². The second kappa shape index (κ2) is 9.86. The molecular formula is C26H38N6O2. The van der Waals surface area contributed by atoms with Crippen LogP contribution in [-0.4, -0.2) is 69.2 Å². The van der Waals surface area contributed by atoms with Gasteiger partial charge in [0.2, 0.25) is 0 Å². The van der Waals surface area contributed by atoms with E-state index in [9.17, 15) is 4.79 Å². The summed E-state index contributed by atoms with van der Waals surface area (Å²) in [6.45, 7) is 12.4. The Morgan fingerprint density at radius 2 is 2.06 bits per heavy atom. The number of nitrogens with zero attached hydrogens (tertiary/aromatic N) is 6. The molecule has 184 valence electrons. The molecule has 0 aromatic carbocycles. The molecule has 1 fully saturated rings. The predicted octanol–water partition coefficient (Wildman–Crippen LogP) is 4.14. The largest absolute Gasteiger partial charge is 0.444 e. The van der Waals surface area contributed by atoms with Gasteiger partial charge >= 0.3 is 6.09 Å². The number of pyridine rings is 1. The molecule has 0 bridgehead atoms. The maximum absolute atomic E-state index is 12.5. The number of piperazine rings is 1. The number of carbonyl (C=O) groups excluding carboxylic acids is 1. The summed E-state index contributed by atoms with van der Waals surface area (Å²) in [5, 5.41) is 0. The van der Waals surface area contributed by atoms with Gasteiger partial charge in [-0.25, -0.2) is 14.8 Å². The Morgan fingerprint density at radius 3 is 2.79 bits per heavy atom. The van der Waals surface area contributed by atoms with E-state index in [-0.39, 0.29) is 12.1 Å². The molecule has 2 aromatic rings. The summed E-state index contributed by atoms with van der Waals surface area (Å²) in [7, 11) is 2.16. The number of aryl methyl sites for hydroxylation is 2. The quantitative estimate of drug-likeness (QED) is 0.670. The average Bonchev–Trinajstić information content (AvgIpc) is 2.77. The zero-order valence-electron chi connectivity index (χ0n) is 21.4. The molecule has 2 aliphatic rings. The lowest BCUT2D eigenvalue weighted by Gasteiger charge is -2.41. The minimum atomic E-state index is -0.490. The van der Waals surface area contributed by atoms with E-state index in [0.717, 1.165) is 36.7 Å². The minimum absolute atomic E-state index is 0.135. The Labute approximate surface area is 203 Å². The van der Waals surface area contributed by atoms with Crippen LogP contribution in [0.1, 0.15) is 69.4 Å². The maximum atomic E-state index is 12.5. The van der Waals surface area contributed by atoms with Gasteiger partial charge in [-0.1, -0.05) is 6.07 Å². The van der Waals surface area contributed by atoms with Crippen molar-refractivity contribution < 1.29 is 9.53 Å². The van der Waals surface area contributed by atoms with Crippen LogP contribution in [0, 0.1) is 6.92 Å². The molecule has 0 saturated carbocycles. The van der Waals surface area contributed by atoms with Crippen molar-refractivity contribution >= 4 is 11.9 Å². The van der Waals surface area contributed by atoms with Gasteiger partial charge in [-0.05, 0) is 72.6 Å². The SMILES string of the molecule is Cc1nc(CN(C)[C@H]2CCCc3cccnc32)cc(N2CCN(C(=O)OC(C)(C)C)CC2C)n1. The summed E-state index contributed by atoms with van der Waals surface area (Å²) in [5.74, 6) is 1.69. The number of anilines is 1. The van der Waals surface area contributed by atoms with E-state index in [1.807, 2.05) is 40.0 Å². The first-order valence-corrected chi connectivity index (χ1v) is 12.3. The fourth-order valence-electron chi connectivity index (χ4n) is 5.01. The lowest BCUT2D eigenvalue weighted by atomic mass is 9.91. The Morgan fingerprint density at radius 1 is 1.26 bits per heavy atom. The van der Waals surface area contributed by atoms with Crippen LogP contribution in [0.15, 0.2) is 24.4 Å². The monoisotopic (exact) mass is 466 g/mol. The highest BCUT2D eigenvalue weighted by Crippen LogP contribution is 2.33. The summed E-state index contributed by atoms with van der Waals surface area (Å²) in [6, 6.07) is 6.78. The Balaban J connectivity index is 1.45. The van der Waals surface area contributed by atoms with Gasteiger partial charge in [0.05, 0.1) is 17.4 Å². The van der Waals surface area contributed by atoms with Crippen molar-refractivity contribution in [1.29, 1.82) is 0 Å². The number of aromatic nitrogens is 3. The third-order valence-electron chi connectivity index (χ3n) is 6.56. The predicted molar refractivity (Wildman–Crippen MR) is 133 cm³/mol. The molecule has 8 nitrogen and oxygen atoms in total. The van der Waals surface area contributed by atoms with Crippen molar-refractivity contribution in [3.05, 3.63) is 47.2 Å². The van der Waals surface area contributed by atoms with Crippen molar-refractivity contribution in [3.63, 3.8) is 0 Å². The molecule has 2 atom stereocenters. The first-order valence-electron chi connectivity index (χ1n) is 12.3. The standard InChI is InChI=1S/C26H38N6O2/c1-18-16-31(25(33)34-26(3,4)5)13-14-32(18)23-15-21(28-19(2)29-23)17-30(6)22-11-7-9-20-10-8-12-27-24(20)22/h8,10,12,15,18,22H,7,9,11,13-14,16-17H2,1-6H3/t18?,22-/m0/s1. The van der Waals surface area contributed by atoms with Crippen molar-refractivity contribution in [2.45, 2.75) is 78.1 Å². The second-order valence-electron chi connectivity index (χ2n) is 10.6. The molecule has 8 heteroatoms. The van der Waals surface area contributed by atoms with Crippen LogP contribution in [0.4, 0.5) is 10.6 Å². The summed E-state index contributed by atoms with van der Waals surface area (Å²) >= 11 is 0. The number of hydrogen-bond donors (Lipinski definition) is 0. The van der Waals surface area contributed by atoms with Crippen molar-refractivity contribution in [2.75, 3.05) is 31.6 Å². The zero-order chi connectivity index (χ0) is 24.5. The van der Waals surface area contributed by atoms with Gasteiger partial charge in [0, 0.05) is 44.5 Å². The van der Waals surface area contributed by atoms with E-state index in [4.69, 9.17) is 19.7 Å². The smallest absolute Gasteiger partial charge is 0.410 e. The summed E-state index contributed by atoms with van der Waals surface area (Å²) in [4.78, 5) is 33.1. The van der Waals surface area contributed by atoms with Crippen molar-refractivity contribution in [2.24, 2.45) is 0 Å². The highest BCUT2D eigenvalue weighted by molar-refractivity contribution is 5.68. The second-order valence-corrected chi connectivity index (χ2v) is 10.6. The van der Waals surface area contributed by atoms with Crippen molar-refractivity contribution in [3.8, 4) is 0 Å². The lowest BCUT2D eigenvalue weighted by Crippen LogP contribution is -2.54. The molecule has 34 heavy (non-hydrogen) atoms. The van der Waals surface area contributed by atoms with E-state index in [1.54, 1.807) is 4.90 Å². The molecule has 1 unspecified atom stereocenters. The first kappa shape index (κ1) is 24.4. The molecule has 1 aliphatic carbocycles. The van der Waals surface area contributed by atoms with Crippen LogP contribution in [-0.2, 0) is 17.7 Å². The van der Waals surface area contributed by atoms with E-state index in [0.29, 0.717) is 25.7 Å². The summed E-state index contributed by atoms with van der Waals surface area (Å²) in [6.07, 6.45) is 5.05. The number of hydrogen-bond acceptors (Lipinski definition) is 7. The lowest BCUT2D eigenvalue weighted by molar-refractivity contribution is 0.0218. The van der Waals surface area contributed by atoms with Crippen molar-refractivity contribution in [1.82, 2.24) is 24.8 Å². The van der Waals surface area contributed by atoms with Crippen LogP contribution in [0.2, 0.25) is 0 Å². The van der Waals surface area contributed by atoms with Crippen LogP contribution in [0.25, 0.3) is 0 Å². The number of carbonyl (C=O) groups is 1. The number of amides is 1. The topological polar surface area (TPSA) is 74.7 Å². The molecule has 3 heterocycles.